The highest BCUT2D eigenvalue weighted by atomic mass is 16.4. The molecule has 0 saturated carbocycles. The van der Waals surface area contributed by atoms with Gasteiger partial charge in [-0.25, -0.2) is 0 Å². The van der Waals surface area contributed by atoms with Crippen molar-refractivity contribution in [3.8, 4) is 11.8 Å². The van der Waals surface area contributed by atoms with Crippen molar-refractivity contribution in [1.82, 2.24) is 0 Å². The van der Waals surface area contributed by atoms with Gasteiger partial charge in [-0.1, -0.05) is 64.7 Å². The number of hydrogen-bond donors (Lipinski definition) is 0. The monoisotopic (exact) mass is 260 g/mol. The van der Waals surface area contributed by atoms with Gasteiger partial charge in [0.05, 0.1) is 0 Å². The Bertz CT molecular complexity index is 295. The van der Waals surface area contributed by atoms with Gasteiger partial charge in [0.15, 0.2) is 0 Å². The second kappa shape index (κ2) is 8.00. The van der Waals surface area contributed by atoms with Crippen molar-refractivity contribution in [2.24, 2.45) is 0 Å². The lowest BCUT2D eigenvalue weighted by atomic mass is 9.38. The van der Waals surface area contributed by atoms with E-state index in [1.807, 2.05) is 0 Å². The summed E-state index contributed by atoms with van der Waals surface area (Å²) in [4.78, 5) is 0. The Morgan fingerprint density at radius 3 is 2.26 bits per heavy atom. The number of hydrogen-bond acceptors (Lipinski definition) is 1. The van der Waals surface area contributed by atoms with Crippen molar-refractivity contribution in [1.29, 1.82) is 0 Å². The summed E-state index contributed by atoms with van der Waals surface area (Å²) in [7, 11) is 0. The van der Waals surface area contributed by atoms with Crippen molar-refractivity contribution in [2.75, 3.05) is 0 Å². The lowest BCUT2D eigenvalue weighted by Gasteiger charge is -2.40. The van der Waals surface area contributed by atoms with E-state index in [-0.39, 0.29) is 6.10 Å². The zero-order valence-corrected chi connectivity index (χ0v) is 12.8. The Kier molecular flexibility index (Phi) is 6.31. The van der Waals surface area contributed by atoms with E-state index in [0.717, 1.165) is 24.5 Å². The van der Waals surface area contributed by atoms with Gasteiger partial charge in [-0.15, -0.1) is 5.92 Å². The summed E-state index contributed by atoms with van der Waals surface area (Å²) in [6.07, 6.45) is 13.1. The fraction of sp³-hybridized carbons (Fsp3) is 0.882. The Morgan fingerprint density at radius 1 is 1.11 bits per heavy atom. The maximum absolute atomic E-state index is 6.41. The molecule has 0 amide bonds. The molecule has 2 aliphatic heterocycles. The maximum Gasteiger partial charge on any atom is 0.301 e. The van der Waals surface area contributed by atoms with E-state index in [9.17, 15) is 0 Å². The van der Waals surface area contributed by atoms with Crippen molar-refractivity contribution < 1.29 is 4.65 Å². The third-order valence-corrected chi connectivity index (χ3v) is 4.84. The van der Waals surface area contributed by atoms with Gasteiger partial charge in [-0.05, 0) is 24.5 Å². The fourth-order valence-electron chi connectivity index (χ4n) is 3.71. The second-order valence-electron chi connectivity index (χ2n) is 6.30. The molecular weight excluding hydrogens is 231 g/mol. The minimum absolute atomic E-state index is 0.183. The summed E-state index contributed by atoms with van der Waals surface area (Å²) in [5.41, 5.74) is 0. The quantitative estimate of drug-likeness (QED) is 0.380. The zero-order chi connectivity index (χ0) is 13.5. The van der Waals surface area contributed by atoms with Crippen LogP contribution < -0.4 is 0 Å². The van der Waals surface area contributed by atoms with Gasteiger partial charge in [0.2, 0.25) is 0 Å². The van der Waals surface area contributed by atoms with Crippen LogP contribution in [-0.4, -0.2) is 13.0 Å². The minimum Gasteiger partial charge on any atom is -0.422 e. The van der Waals surface area contributed by atoms with Gasteiger partial charge >= 0.3 is 6.92 Å². The van der Waals surface area contributed by atoms with E-state index in [2.05, 4.69) is 25.7 Å². The molecule has 2 fully saturated rings. The predicted molar refractivity (Wildman–Crippen MR) is 83.4 cm³/mol. The van der Waals surface area contributed by atoms with Crippen LogP contribution in [0.1, 0.15) is 78.1 Å². The molecule has 0 aromatic carbocycles. The number of unbranched alkanes of at least 4 members (excludes halogenated alkanes) is 2. The highest BCUT2D eigenvalue weighted by Crippen LogP contribution is 2.47. The first-order valence-corrected chi connectivity index (χ1v) is 8.49. The summed E-state index contributed by atoms with van der Waals surface area (Å²) in [6.45, 7) is 4.95. The maximum atomic E-state index is 6.41. The molecule has 2 heteroatoms. The molecule has 0 aromatic heterocycles. The second-order valence-corrected chi connectivity index (χ2v) is 6.30. The molecule has 2 aliphatic rings. The van der Waals surface area contributed by atoms with Crippen molar-refractivity contribution in [3.63, 3.8) is 0 Å². The van der Waals surface area contributed by atoms with Crippen LogP contribution in [0.15, 0.2) is 0 Å². The molecular formula is C17H29BO. The van der Waals surface area contributed by atoms with E-state index >= 15 is 0 Å². The van der Waals surface area contributed by atoms with Crippen LogP contribution in [0.3, 0.4) is 0 Å². The highest BCUT2D eigenvalue weighted by molar-refractivity contribution is 6.56. The average molecular weight is 260 g/mol. The van der Waals surface area contributed by atoms with Crippen molar-refractivity contribution >= 4 is 6.92 Å². The molecule has 0 aromatic rings. The van der Waals surface area contributed by atoms with Crippen molar-refractivity contribution in [3.05, 3.63) is 0 Å². The van der Waals surface area contributed by atoms with E-state index in [0.29, 0.717) is 6.92 Å². The number of rotatable bonds is 5. The fourth-order valence-corrected chi connectivity index (χ4v) is 3.71. The summed E-state index contributed by atoms with van der Waals surface area (Å²) >= 11 is 0. The standard InChI is InChI=1S/C17H29BO/c1-3-5-6-7-14-17(4-2)19-18-15-10-8-11-16(18)13-9-12-15/h15-17H,3-6,8-13H2,1-2H3. The lowest BCUT2D eigenvalue weighted by molar-refractivity contribution is 0.219. The third-order valence-electron chi connectivity index (χ3n) is 4.84. The minimum atomic E-state index is 0.183. The molecule has 19 heavy (non-hydrogen) atoms. The molecule has 1 unspecified atom stereocenters. The molecule has 1 nitrogen and oxygen atoms in total. The Balaban J connectivity index is 1.87. The Labute approximate surface area is 120 Å². The highest BCUT2D eigenvalue weighted by Gasteiger charge is 2.41. The first-order chi connectivity index (χ1) is 9.35. The predicted octanol–water partition coefficient (Wildman–Crippen LogP) is 5.07. The van der Waals surface area contributed by atoms with E-state index in [4.69, 9.17) is 4.65 Å². The topological polar surface area (TPSA) is 9.23 Å². The Hall–Kier alpha value is -0.415. The van der Waals surface area contributed by atoms with E-state index < -0.39 is 0 Å². The van der Waals surface area contributed by atoms with Gasteiger partial charge in [-0.2, -0.15) is 0 Å². The number of fused-ring (bicyclic) bond motifs is 2. The largest absolute Gasteiger partial charge is 0.422 e. The molecule has 2 rings (SSSR count). The summed E-state index contributed by atoms with van der Waals surface area (Å²) in [5.74, 6) is 8.35. The molecule has 106 valence electrons. The molecule has 2 bridgehead atoms. The van der Waals surface area contributed by atoms with Gasteiger partial charge in [0, 0.05) is 6.42 Å². The molecule has 1 atom stereocenters. The first kappa shape index (κ1) is 15.0. The SMILES string of the molecule is CCCCC#CC(CC)OB1C2CCCC1CCC2. The van der Waals surface area contributed by atoms with Crippen LogP contribution in [0.5, 0.6) is 0 Å². The molecule has 2 saturated heterocycles. The Morgan fingerprint density at radius 2 is 1.74 bits per heavy atom. The van der Waals surface area contributed by atoms with Gasteiger partial charge in [0.25, 0.3) is 0 Å². The summed E-state index contributed by atoms with van der Waals surface area (Å²) in [6, 6.07) is 0. The zero-order valence-electron chi connectivity index (χ0n) is 12.8. The van der Waals surface area contributed by atoms with Crippen LogP contribution in [0.2, 0.25) is 11.6 Å². The van der Waals surface area contributed by atoms with E-state index in [1.165, 1.54) is 51.4 Å². The van der Waals surface area contributed by atoms with Crippen molar-refractivity contribution in [2.45, 2.75) is 95.8 Å². The van der Waals surface area contributed by atoms with Gasteiger partial charge in [-0.3, -0.25) is 0 Å². The van der Waals surface area contributed by atoms with Crippen LogP contribution in [0.4, 0.5) is 0 Å². The smallest absolute Gasteiger partial charge is 0.301 e. The normalized spacial score (nSPS) is 27.6. The van der Waals surface area contributed by atoms with Crippen LogP contribution in [0, 0.1) is 11.8 Å². The van der Waals surface area contributed by atoms with Crippen LogP contribution in [-0.2, 0) is 4.65 Å². The van der Waals surface area contributed by atoms with Crippen LogP contribution in [0.25, 0.3) is 0 Å². The molecule has 0 aliphatic carbocycles. The lowest BCUT2D eigenvalue weighted by Crippen LogP contribution is -2.39. The van der Waals surface area contributed by atoms with E-state index in [1.54, 1.807) is 0 Å². The molecule has 0 spiro atoms. The van der Waals surface area contributed by atoms with Gasteiger partial charge in [0.1, 0.15) is 6.10 Å². The average Bonchev–Trinajstić information content (AvgIpc) is 2.42. The molecule has 0 N–H and O–H groups in total. The molecule has 2 heterocycles. The summed E-state index contributed by atoms with van der Waals surface area (Å²) < 4.78 is 6.41. The summed E-state index contributed by atoms with van der Waals surface area (Å²) in [5, 5.41) is 0. The van der Waals surface area contributed by atoms with Crippen LogP contribution >= 0.6 is 0 Å². The third kappa shape index (κ3) is 4.28. The van der Waals surface area contributed by atoms with Gasteiger partial charge < -0.3 is 4.65 Å². The first-order valence-electron chi connectivity index (χ1n) is 8.49. The molecule has 0 radical (unpaired) electrons.